The fourth-order valence-corrected chi connectivity index (χ4v) is 2.07. The molecule has 0 aromatic heterocycles. The second-order valence-corrected chi connectivity index (χ2v) is 4.44. The first-order valence-electron chi connectivity index (χ1n) is 6.21. The number of rotatable bonds is 4. The standard InChI is InChI=1S/C13H16F2N2O2/c14-13(15)19-11-5-1-4-10(7-11)17-12(18)9-3-2-6-16-8-9/h1,4-5,7,9,13,16H,2-3,6,8H2,(H,17,18). The number of anilines is 1. The summed E-state index contributed by atoms with van der Waals surface area (Å²) in [5, 5.41) is 5.88. The van der Waals surface area contributed by atoms with Crippen molar-refractivity contribution in [1.82, 2.24) is 5.32 Å². The van der Waals surface area contributed by atoms with Gasteiger partial charge in [-0.25, -0.2) is 0 Å². The van der Waals surface area contributed by atoms with Crippen molar-refractivity contribution in [3.63, 3.8) is 0 Å². The summed E-state index contributed by atoms with van der Waals surface area (Å²) in [5.41, 5.74) is 0.466. The Hall–Kier alpha value is -1.69. The van der Waals surface area contributed by atoms with Crippen LogP contribution in [0, 0.1) is 5.92 Å². The van der Waals surface area contributed by atoms with Gasteiger partial charge in [0.1, 0.15) is 5.75 Å². The molecular formula is C13H16F2N2O2. The summed E-state index contributed by atoms with van der Waals surface area (Å²) in [4.78, 5) is 12.0. The minimum absolute atomic E-state index is 0.0366. The Morgan fingerprint density at radius 3 is 3.00 bits per heavy atom. The van der Waals surface area contributed by atoms with Crippen molar-refractivity contribution in [2.24, 2.45) is 5.92 Å². The first-order chi connectivity index (χ1) is 9.15. The van der Waals surface area contributed by atoms with Crippen molar-refractivity contribution in [2.45, 2.75) is 19.5 Å². The Kier molecular flexibility index (Phi) is 4.68. The van der Waals surface area contributed by atoms with Gasteiger partial charge in [0.05, 0.1) is 5.92 Å². The summed E-state index contributed by atoms with van der Waals surface area (Å²) >= 11 is 0. The Labute approximate surface area is 110 Å². The maximum atomic E-state index is 12.1. The zero-order valence-corrected chi connectivity index (χ0v) is 10.4. The number of carbonyl (C=O) groups is 1. The van der Waals surface area contributed by atoms with Crippen molar-refractivity contribution >= 4 is 11.6 Å². The highest BCUT2D eigenvalue weighted by molar-refractivity contribution is 5.92. The van der Waals surface area contributed by atoms with Gasteiger partial charge in [0.15, 0.2) is 0 Å². The number of carbonyl (C=O) groups excluding carboxylic acids is 1. The lowest BCUT2D eigenvalue weighted by Crippen LogP contribution is -2.37. The third-order valence-electron chi connectivity index (χ3n) is 2.99. The first-order valence-corrected chi connectivity index (χ1v) is 6.21. The summed E-state index contributed by atoms with van der Waals surface area (Å²) < 4.78 is 28.5. The van der Waals surface area contributed by atoms with Crippen molar-refractivity contribution in [2.75, 3.05) is 18.4 Å². The zero-order valence-electron chi connectivity index (χ0n) is 10.4. The summed E-state index contributed by atoms with van der Waals surface area (Å²) in [5.74, 6) is -0.135. The van der Waals surface area contributed by atoms with Crippen molar-refractivity contribution in [1.29, 1.82) is 0 Å². The maximum Gasteiger partial charge on any atom is 0.387 e. The van der Waals surface area contributed by atoms with Crippen molar-refractivity contribution in [3.05, 3.63) is 24.3 Å². The van der Waals surface area contributed by atoms with Gasteiger partial charge in [0.2, 0.25) is 5.91 Å². The molecule has 1 heterocycles. The molecule has 1 saturated heterocycles. The lowest BCUT2D eigenvalue weighted by atomic mass is 9.99. The molecule has 1 aromatic rings. The lowest BCUT2D eigenvalue weighted by Gasteiger charge is -2.22. The third kappa shape index (κ3) is 4.17. The number of hydrogen-bond acceptors (Lipinski definition) is 3. The molecule has 6 heteroatoms. The molecule has 19 heavy (non-hydrogen) atoms. The molecule has 1 fully saturated rings. The van der Waals surface area contributed by atoms with Gasteiger partial charge in [-0.15, -0.1) is 0 Å². The number of ether oxygens (including phenoxy) is 1. The van der Waals surface area contributed by atoms with Crippen LogP contribution in [0.5, 0.6) is 5.75 Å². The van der Waals surface area contributed by atoms with E-state index >= 15 is 0 Å². The van der Waals surface area contributed by atoms with E-state index in [4.69, 9.17) is 0 Å². The molecule has 4 nitrogen and oxygen atoms in total. The Bertz CT molecular complexity index is 434. The first kappa shape index (κ1) is 13.7. The Balaban J connectivity index is 1.96. The Morgan fingerprint density at radius 2 is 2.32 bits per heavy atom. The zero-order chi connectivity index (χ0) is 13.7. The van der Waals surface area contributed by atoms with Gasteiger partial charge in [0.25, 0.3) is 0 Å². The number of nitrogens with one attached hydrogen (secondary N) is 2. The minimum Gasteiger partial charge on any atom is -0.435 e. The van der Waals surface area contributed by atoms with E-state index in [2.05, 4.69) is 15.4 Å². The molecule has 0 radical (unpaired) electrons. The molecular weight excluding hydrogens is 254 g/mol. The van der Waals surface area contributed by atoms with E-state index in [1.165, 1.54) is 12.1 Å². The number of alkyl halides is 2. The SMILES string of the molecule is O=C(Nc1cccc(OC(F)F)c1)C1CCCNC1. The molecule has 1 aliphatic heterocycles. The number of piperidine rings is 1. The van der Waals surface area contributed by atoms with Gasteiger partial charge in [-0.05, 0) is 31.5 Å². The molecule has 0 spiro atoms. The number of halogens is 2. The maximum absolute atomic E-state index is 12.1. The molecule has 1 aliphatic rings. The molecule has 2 rings (SSSR count). The molecule has 1 amide bonds. The third-order valence-corrected chi connectivity index (χ3v) is 2.99. The van der Waals surface area contributed by atoms with Crippen molar-refractivity contribution in [3.8, 4) is 5.75 Å². The lowest BCUT2D eigenvalue weighted by molar-refractivity contribution is -0.120. The normalized spacial score (nSPS) is 19.2. The van der Waals surface area contributed by atoms with Crippen LogP contribution in [0.1, 0.15) is 12.8 Å². The van der Waals surface area contributed by atoms with E-state index in [1.807, 2.05) is 0 Å². The van der Waals surface area contributed by atoms with E-state index in [9.17, 15) is 13.6 Å². The molecule has 104 valence electrons. The highest BCUT2D eigenvalue weighted by Crippen LogP contribution is 2.20. The summed E-state index contributed by atoms with van der Waals surface area (Å²) in [7, 11) is 0. The molecule has 0 saturated carbocycles. The predicted octanol–water partition coefficient (Wildman–Crippen LogP) is 2.23. The van der Waals surface area contributed by atoms with Gasteiger partial charge < -0.3 is 15.4 Å². The average molecular weight is 270 g/mol. The van der Waals surface area contributed by atoms with Crippen LogP contribution in [-0.4, -0.2) is 25.6 Å². The monoisotopic (exact) mass is 270 g/mol. The van der Waals surface area contributed by atoms with E-state index in [0.717, 1.165) is 19.4 Å². The second kappa shape index (κ2) is 6.47. The molecule has 1 aromatic carbocycles. The Morgan fingerprint density at radius 1 is 1.47 bits per heavy atom. The molecule has 0 bridgehead atoms. The smallest absolute Gasteiger partial charge is 0.387 e. The molecule has 1 unspecified atom stereocenters. The number of amides is 1. The van der Waals surface area contributed by atoms with Crippen molar-refractivity contribution < 1.29 is 18.3 Å². The van der Waals surface area contributed by atoms with E-state index < -0.39 is 6.61 Å². The number of hydrogen-bond donors (Lipinski definition) is 2. The quantitative estimate of drug-likeness (QED) is 0.882. The number of benzene rings is 1. The van der Waals surface area contributed by atoms with Crippen LogP contribution in [0.4, 0.5) is 14.5 Å². The van der Waals surface area contributed by atoms with Gasteiger partial charge in [-0.2, -0.15) is 8.78 Å². The fourth-order valence-electron chi connectivity index (χ4n) is 2.07. The molecule has 1 atom stereocenters. The van der Waals surface area contributed by atoms with Crippen LogP contribution < -0.4 is 15.4 Å². The average Bonchev–Trinajstić information content (AvgIpc) is 2.39. The second-order valence-electron chi connectivity index (χ2n) is 4.44. The predicted molar refractivity (Wildman–Crippen MR) is 67.3 cm³/mol. The van der Waals surface area contributed by atoms with Gasteiger partial charge in [-0.1, -0.05) is 6.07 Å². The van der Waals surface area contributed by atoms with Gasteiger partial charge in [0, 0.05) is 18.3 Å². The molecule has 0 aliphatic carbocycles. The largest absolute Gasteiger partial charge is 0.435 e. The van der Waals surface area contributed by atoms with Crippen LogP contribution in [0.3, 0.4) is 0 Å². The van der Waals surface area contributed by atoms with Gasteiger partial charge >= 0.3 is 6.61 Å². The van der Waals surface area contributed by atoms with Crippen LogP contribution in [0.2, 0.25) is 0 Å². The summed E-state index contributed by atoms with van der Waals surface area (Å²) in [6.07, 6.45) is 1.80. The van der Waals surface area contributed by atoms with Crippen LogP contribution >= 0.6 is 0 Å². The van der Waals surface area contributed by atoms with E-state index in [-0.39, 0.29) is 17.6 Å². The van der Waals surface area contributed by atoms with Crippen LogP contribution in [-0.2, 0) is 4.79 Å². The fraction of sp³-hybridized carbons (Fsp3) is 0.462. The highest BCUT2D eigenvalue weighted by Gasteiger charge is 2.20. The minimum atomic E-state index is -2.87. The van der Waals surface area contributed by atoms with Crippen LogP contribution in [0.25, 0.3) is 0 Å². The summed E-state index contributed by atoms with van der Waals surface area (Å²) in [6, 6.07) is 6.02. The topological polar surface area (TPSA) is 50.4 Å². The van der Waals surface area contributed by atoms with Gasteiger partial charge in [-0.3, -0.25) is 4.79 Å². The summed E-state index contributed by atoms with van der Waals surface area (Å²) in [6.45, 7) is -1.28. The molecule has 2 N–H and O–H groups in total. The van der Waals surface area contributed by atoms with E-state index in [1.54, 1.807) is 12.1 Å². The highest BCUT2D eigenvalue weighted by atomic mass is 19.3. The van der Waals surface area contributed by atoms with Crippen LogP contribution in [0.15, 0.2) is 24.3 Å². The van der Waals surface area contributed by atoms with E-state index in [0.29, 0.717) is 12.2 Å².